The van der Waals surface area contributed by atoms with Crippen LogP contribution in [-0.4, -0.2) is 38.0 Å². The molecule has 2 heterocycles. The highest BCUT2D eigenvalue weighted by molar-refractivity contribution is 5.20. The molecule has 0 aliphatic carbocycles. The summed E-state index contributed by atoms with van der Waals surface area (Å²) < 4.78 is 18.3. The minimum atomic E-state index is -0.413. The van der Waals surface area contributed by atoms with Crippen LogP contribution in [-0.2, 0) is 4.74 Å². The maximum absolute atomic E-state index is 13.1. The summed E-state index contributed by atoms with van der Waals surface area (Å²) in [5.41, 5.74) is 0.900. The molecule has 2 atom stereocenters. The van der Waals surface area contributed by atoms with Crippen LogP contribution in [0, 0.1) is 0 Å². The molecule has 4 heteroatoms. The summed E-state index contributed by atoms with van der Waals surface area (Å²) in [6.07, 6.45) is 2.05. The lowest BCUT2D eigenvalue weighted by Crippen LogP contribution is -2.65. The quantitative estimate of drug-likeness (QED) is 0.870. The van der Waals surface area contributed by atoms with E-state index in [9.17, 15) is 4.39 Å². The van der Waals surface area contributed by atoms with E-state index in [2.05, 4.69) is 34.9 Å². The molecule has 0 unspecified atom stereocenters. The Morgan fingerprint density at radius 2 is 2.11 bits per heavy atom. The summed E-state index contributed by atoms with van der Waals surface area (Å²) >= 11 is 0. The van der Waals surface area contributed by atoms with Gasteiger partial charge in [-0.1, -0.05) is 30.3 Å². The third-order valence-electron chi connectivity index (χ3n) is 4.13. The molecule has 0 spiro atoms. The van der Waals surface area contributed by atoms with E-state index in [0.717, 1.165) is 19.4 Å². The van der Waals surface area contributed by atoms with Crippen molar-refractivity contribution in [2.45, 2.75) is 30.5 Å². The Bertz CT molecular complexity index is 402. The van der Waals surface area contributed by atoms with Crippen molar-refractivity contribution in [3.63, 3.8) is 0 Å². The molecule has 19 heavy (non-hydrogen) atoms. The van der Waals surface area contributed by atoms with Crippen molar-refractivity contribution in [3.8, 4) is 0 Å². The van der Waals surface area contributed by atoms with E-state index in [1.165, 1.54) is 5.56 Å². The Hall–Kier alpha value is -0.970. The second-order valence-electron chi connectivity index (χ2n) is 5.69. The normalized spacial score (nSPS) is 29.7. The fourth-order valence-electron chi connectivity index (χ4n) is 2.97. The van der Waals surface area contributed by atoms with Gasteiger partial charge in [-0.2, -0.15) is 0 Å². The van der Waals surface area contributed by atoms with Gasteiger partial charge in [0.05, 0.1) is 18.8 Å². The zero-order valence-corrected chi connectivity index (χ0v) is 11.1. The van der Waals surface area contributed by atoms with Gasteiger partial charge >= 0.3 is 0 Å². The van der Waals surface area contributed by atoms with Gasteiger partial charge in [-0.15, -0.1) is 0 Å². The summed E-state index contributed by atoms with van der Waals surface area (Å²) in [4.78, 5) is 0. The third-order valence-corrected chi connectivity index (χ3v) is 4.13. The lowest BCUT2D eigenvalue weighted by Gasteiger charge is -2.44. The highest BCUT2D eigenvalue weighted by atomic mass is 19.1. The molecule has 0 radical (unpaired) electrons. The molecule has 1 aromatic rings. The molecular weight excluding hydrogens is 243 g/mol. The average molecular weight is 264 g/mol. The van der Waals surface area contributed by atoms with Gasteiger partial charge in [-0.3, -0.25) is 0 Å². The first-order chi connectivity index (χ1) is 9.31. The van der Waals surface area contributed by atoms with Gasteiger partial charge < -0.3 is 15.4 Å². The summed E-state index contributed by atoms with van der Waals surface area (Å²) in [6.45, 7) is 1.64. The van der Waals surface area contributed by atoms with Crippen LogP contribution in [0.5, 0.6) is 0 Å². The molecule has 2 aliphatic rings. The van der Waals surface area contributed by atoms with Crippen molar-refractivity contribution in [2.75, 3.05) is 26.4 Å². The molecule has 1 aromatic carbocycles. The molecule has 104 valence electrons. The smallest absolute Gasteiger partial charge is 0.112 e. The lowest BCUT2D eigenvalue weighted by molar-refractivity contribution is -0.0912. The molecule has 0 amide bonds. The molecule has 0 saturated carbocycles. The summed E-state index contributed by atoms with van der Waals surface area (Å²) in [7, 11) is 0. The number of alkyl halides is 1. The zero-order chi connectivity index (χ0) is 13.1. The summed E-state index contributed by atoms with van der Waals surface area (Å²) in [5, 5.41) is 7.02. The van der Waals surface area contributed by atoms with Gasteiger partial charge in [-0.05, 0) is 24.9 Å². The Labute approximate surface area is 113 Å². The number of hydrogen-bond acceptors (Lipinski definition) is 3. The van der Waals surface area contributed by atoms with Crippen LogP contribution in [0.2, 0.25) is 0 Å². The largest absolute Gasteiger partial charge is 0.377 e. The zero-order valence-electron chi connectivity index (χ0n) is 11.1. The van der Waals surface area contributed by atoms with Crippen LogP contribution in [0.1, 0.15) is 24.4 Å². The molecule has 2 saturated heterocycles. The van der Waals surface area contributed by atoms with Crippen molar-refractivity contribution < 1.29 is 9.13 Å². The second kappa shape index (κ2) is 5.57. The number of rotatable bonds is 4. The minimum absolute atomic E-state index is 0.340. The lowest BCUT2D eigenvalue weighted by atomic mass is 9.90. The fourth-order valence-corrected chi connectivity index (χ4v) is 2.97. The van der Waals surface area contributed by atoms with Crippen LogP contribution in [0.4, 0.5) is 4.39 Å². The van der Waals surface area contributed by atoms with Crippen LogP contribution >= 0.6 is 0 Å². The standard InChI is InChI=1S/C15H21FN2O/c16-9-15(10-19-11-15)18-13-6-7-17-14(8-13)12-4-2-1-3-5-12/h1-5,13-14,17-18H,6-11H2/t13-,14+/m1/s1. The van der Waals surface area contributed by atoms with E-state index < -0.39 is 5.54 Å². The predicted molar refractivity (Wildman–Crippen MR) is 72.9 cm³/mol. The predicted octanol–water partition coefficient (Wildman–Crippen LogP) is 1.81. The van der Waals surface area contributed by atoms with Crippen molar-refractivity contribution in [2.24, 2.45) is 0 Å². The number of piperidine rings is 1. The SMILES string of the molecule is FCC1(N[C@@H]2CCN[C@H](c3ccccc3)C2)COC1. The highest BCUT2D eigenvalue weighted by Gasteiger charge is 2.41. The van der Waals surface area contributed by atoms with Crippen molar-refractivity contribution in [1.29, 1.82) is 0 Å². The average Bonchev–Trinajstić information content (AvgIpc) is 2.44. The molecule has 0 aromatic heterocycles. The molecule has 3 rings (SSSR count). The topological polar surface area (TPSA) is 33.3 Å². The van der Waals surface area contributed by atoms with Crippen LogP contribution in [0.15, 0.2) is 30.3 Å². The van der Waals surface area contributed by atoms with E-state index in [4.69, 9.17) is 4.74 Å². The molecule has 2 aliphatic heterocycles. The van der Waals surface area contributed by atoms with E-state index in [0.29, 0.717) is 25.3 Å². The molecule has 2 fully saturated rings. The number of halogens is 1. The Balaban J connectivity index is 1.62. The minimum Gasteiger partial charge on any atom is -0.377 e. The molecule has 3 nitrogen and oxygen atoms in total. The molecule has 0 bridgehead atoms. The highest BCUT2D eigenvalue weighted by Crippen LogP contribution is 2.26. The van der Waals surface area contributed by atoms with Crippen molar-refractivity contribution in [1.82, 2.24) is 10.6 Å². The first-order valence-corrected chi connectivity index (χ1v) is 7.01. The summed E-state index contributed by atoms with van der Waals surface area (Å²) in [6, 6.07) is 11.2. The van der Waals surface area contributed by atoms with E-state index in [1.54, 1.807) is 0 Å². The molecular formula is C15H21FN2O. The first-order valence-electron chi connectivity index (χ1n) is 7.01. The van der Waals surface area contributed by atoms with Gasteiger partial charge in [0.2, 0.25) is 0 Å². The third kappa shape index (κ3) is 2.81. The van der Waals surface area contributed by atoms with Gasteiger partial charge in [0, 0.05) is 12.1 Å². The number of nitrogens with one attached hydrogen (secondary N) is 2. The van der Waals surface area contributed by atoms with Crippen LogP contribution in [0.25, 0.3) is 0 Å². The Kier molecular flexibility index (Phi) is 3.82. The van der Waals surface area contributed by atoms with Crippen molar-refractivity contribution >= 4 is 0 Å². The number of benzene rings is 1. The monoisotopic (exact) mass is 264 g/mol. The Morgan fingerprint density at radius 1 is 1.32 bits per heavy atom. The maximum atomic E-state index is 13.1. The first kappa shape index (κ1) is 13.0. The molecule has 2 N–H and O–H groups in total. The number of ether oxygens (including phenoxy) is 1. The summed E-state index contributed by atoms with van der Waals surface area (Å²) in [5.74, 6) is 0. The fraction of sp³-hybridized carbons (Fsp3) is 0.600. The van der Waals surface area contributed by atoms with Gasteiger partial charge in [0.15, 0.2) is 0 Å². The van der Waals surface area contributed by atoms with Gasteiger partial charge in [0.1, 0.15) is 6.67 Å². The van der Waals surface area contributed by atoms with E-state index >= 15 is 0 Å². The van der Waals surface area contributed by atoms with Gasteiger partial charge in [0.25, 0.3) is 0 Å². The van der Waals surface area contributed by atoms with E-state index in [-0.39, 0.29) is 6.67 Å². The number of hydrogen-bond donors (Lipinski definition) is 2. The van der Waals surface area contributed by atoms with Crippen LogP contribution < -0.4 is 10.6 Å². The maximum Gasteiger partial charge on any atom is 0.112 e. The van der Waals surface area contributed by atoms with Crippen LogP contribution in [0.3, 0.4) is 0 Å². The van der Waals surface area contributed by atoms with E-state index in [1.807, 2.05) is 6.07 Å². The Morgan fingerprint density at radius 3 is 2.74 bits per heavy atom. The van der Waals surface area contributed by atoms with Crippen molar-refractivity contribution in [3.05, 3.63) is 35.9 Å². The second-order valence-corrected chi connectivity index (χ2v) is 5.69. The van der Waals surface area contributed by atoms with Gasteiger partial charge in [-0.25, -0.2) is 4.39 Å².